The van der Waals surface area contributed by atoms with Gasteiger partial charge in [-0.15, -0.1) is 0 Å². The molecule has 1 saturated heterocycles. The average Bonchev–Trinajstić information content (AvgIpc) is 3.33. The molecule has 2 aromatic rings. The number of aromatic nitrogens is 2. The molecule has 10 heteroatoms. The predicted octanol–water partition coefficient (Wildman–Crippen LogP) is 3.49. The Morgan fingerprint density at radius 1 is 1.31 bits per heavy atom. The van der Waals surface area contributed by atoms with Gasteiger partial charge in [-0.2, -0.15) is 0 Å². The lowest BCUT2D eigenvalue weighted by atomic mass is 9.94. The van der Waals surface area contributed by atoms with Crippen LogP contribution in [0.15, 0.2) is 29.0 Å². The summed E-state index contributed by atoms with van der Waals surface area (Å²) in [6.45, 7) is 14.1. The molecule has 0 aliphatic carbocycles. The lowest BCUT2D eigenvalue weighted by molar-refractivity contribution is 0.0595. The summed E-state index contributed by atoms with van der Waals surface area (Å²) in [6, 6.07) is 3.56. The van der Waals surface area contributed by atoms with E-state index < -0.39 is 9.84 Å². The molecule has 36 heavy (non-hydrogen) atoms. The summed E-state index contributed by atoms with van der Waals surface area (Å²) in [5.74, 6) is 2.16. The van der Waals surface area contributed by atoms with Crippen molar-refractivity contribution < 1.29 is 17.6 Å². The minimum absolute atomic E-state index is 0.0350. The van der Waals surface area contributed by atoms with Crippen LogP contribution in [0.4, 0.5) is 5.82 Å². The summed E-state index contributed by atoms with van der Waals surface area (Å²) in [5, 5.41) is 6.64. The van der Waals surface area contributed by atoms with Gasteiger partial charge in [-0.3, -0.25) is 4.79 Å². The SMILES string of the molecule is CCS(=O)(=O)C[C@@H]1CNC[C@@H](N(CC(C)C)C(=O)c2cnc(C(C)(C)C)nc2NCc2ccco2)C1. The van der Waals surface area contributed by atoms with Crippen LogP contribution in [0, 0.1) is 11.8 Å². The Hall–Kier alpha value is -2.46. The van der Waals surface area contributed by atoms with Gasteiger partial charge in [-0.05, 0) is 36.9 Å². The number of hydrogen-bond acceptors (Lipinski definition) is 8. The standard InChI is InChI=1S/C26H41N5O4S/c1-7-36(33,34)17-19-11-20(13-27-12-19)31(16-18(2)3)24(32)22-15-29-25(26(4,5)6)30-23(22)28-14-21-9-8-10-35-21/h8-10,15,18-20,27H,7,11-14,16-17H2,1-6H3,(H,28,29,30)/t19-,20-/m0/s1. The van der Waals surface area contributed by atoms with Crippen LogP contribution in [0.2, 0.25) is 0 Å². The quantitative estimate of drug-likeness (QED) is 0.490. The van der Waals surface area contributed by atoms with Crippen molar-refractivity contribution in [1.82, 2.24) is 20.2 Å². The average molecular weight is 520 g/mol. The van der Waals surface area contributed by atoms with Crippen molar-refractivity contribution in [1.29, 1.82) is 0 Å². The molecule has 1 aliphatic rings. The zero-order valence-electron chi connectivity index (χ0n) is 22.4. The fraction of sp³-hybridized carbons (Fsp3) is 0.654. The Morgan fingerprint density at radius 2 is 2.06 bits per heavy atom. The third-order valence-electron chi connectivity index (χ3n) is 6.31. The summed E-state index contributed by atoms with van der Waals surface area (Å²) in [7, 11) is -3.10. The molecule has 0 radical (unpaired) electrons. The highest BCUT2D eigenvalue weighted by Crippen LogP contribution is 2.26. The first-order chi connectivity index (χ1) is 16.9. The maximum atomic E-state index is 14.0. The molecule has 0 unspecified atom stereocenters. The van der Waals surface area contributed by atoms with Crippen LogP contribution in [0.5, 0.6) is 0 Å². The molecule has 3 heterocycles. The van der Waals surface area contributed by atoms with Gasteiger partial charge in [-0.1, -0.05) is 41.5 Å². The van der Waals surface area contributed by atoms with Crippen molar-refractivity contribution in [2.24, 2.45) is 11.8 Å². The Bertz CT molecular complexity index is 1110. The summed E-state index contributed by atoms with van der Waals surface area (Å²) in [4.78, 5) is 25.2. The van der Waals surface area contributed by atoms with Crippen LogP contribution in [0.3, 0.4) is 0 Å². The molecule has 1 fully saturated rings. The fourth-order valence-electron chi connectivity index (χ4n) is 4.41. The molecular formula is C26H41N5O4S. The normalized spacial score (nSPS) is 18.9. The maximum absolute atomic E-state index is 14.0. The highest BCUT2D eigenvalue weighted by atomic mass is 32.2. The maximum Gasteiger partial charge on any atom is 0.259 e. The summed E-state index contributed by atoms with van der Waals surface area (Å²) < 4.78 is 30.0. The molecule has 0 aromatic carbocycles. The van der Waals surface area contributed by atoms with Gasteiger partial charge >= 0.3 is 0 Å². The van der Waals surface area contributed by atoms with Gasteiger partial charge in [-0.25, -0.2) is 18.4 Å². The van der Waals surface area contributed by atoms with E-state index in [0.29, 0.717) is 49.8 Å². The van der Waals surface area contributed by atoms with E-state index in [-0.39, 0.29) is 40.7 Å². The van der Waals surface area contributed by atoms with Crippen LogP contribution < -0.4 is 10.6 Å². The number of anilines is 1. The molecule has 2 atom stereocenters. The molecule has 0 bridgehead atoms. The Morgan fingerprint density at radius 3 is 2.67 bits per heavy atom. The first-order valence-electron chi connectivity index (χ1n) is 12.8. The highest BCUT2D eigenvalue weighted by Gasteiger charge is 2.34. The molecule has 3 rings (SSSR count). The lowest BCUT2D eigenvalue weighted by Crippen LogP contribution is -2.53. The van der Waals surface area contributed by atoms with Crippen molar-refractivity contribution >= 4 is 21.6 Å². The largest absolute Gasteiger partial charge is 0.467 e. The molecule has 1 amide bonds. The number of hydrogen-bond donors (Lipinski definition) is 2. The first-order valence-corrected chi connectivity index (χ1v) is 14.6. The molecule has 9 nitrogen and oxygen atoms in total. The Labute approximate surface area is 215 Å². The van der Waals surface area contributed by atoms with Crippen molar-refractivity contribution in [2.75, 3.05) is 36.5 Å². The molecule has 0 saturated carbocycles. The Kier molecular flexibility index (Phi) is 9.16. The van der Waals surface area contributed by atoms with Crippen molar-refractivity contribution in [3.8, 4) is 0 Å². The number of rotatable bonds is 10. The zero-order chi connectivity index (χ0) is 26.5. The first kappa shape index (κ1) is 28.1. The van der Waals surface area contributed by atoms with Crippen LogP contribution in [0.25, 0.3) is 0 Å². The topological polar surface area (TPSA) is 117 Å². The highest BCUT2D eigenvalue weighted by molar-refractivity contribution is 7.91. The molecule has 200 valence electrons. The minimum Gasteiger partial charge on any atom is -0.467 e. The smallest absolute Gasteiger partial charge is 0.259 e. The summed E-state index contributed by atoms with van der Waals surface area (Å²) in [6.07, 6.45) is 3.86. The van der Waals surface area contributed by atoms with Crippen LogP contribution >= 0.6 is 0 Å². The van der Waals surface area contributed by atoms with E-state index in [1.807, 2.05) is 37.8 Å². The summed E-state index contributed by atoms with van der Waals surface area (Å²) in [5.41, 5.74) is 0.115. The number of nitrogens with one attached hydrogen (secondary N) is 2. The van der Waals surface area contributed by atoms with Crippen molar-refractivity contribution in [3.63, 3.8) is 0 Å². The van der Waals surface area contributed by atoms with E-state index in [9.17, 15) is 13.2 Å². The van der Waals surface area contributed by atoms with E-state index in [1.165, 1.54) is 0 Å². The van der Waals surface area contributed by atoms with E-state index in [1.54, 1.807) is 19.4 Å². The van der Waals surface area contributed by atoms with Crippen LogP contribution in [-0.4, -0.2) is 66.4 Å². The van der Waals surface area contributed by atoms with Crippen LogP contribution in [0.1, 0.15) is 69.9 Å². The van der Waals surface area contributed by atoms with Crippen molar-refractivity contribution in [3.05, 3.63) is 41.7 Å². The number of sulfone groups is 1. The Balaban J connectivity index is 1.91. The molecule has 2 N–H and O–H groups in total. The number of piperidine rings is 1. The molecule has 1 aliphatic heterocycles. The van der Waals surface area contributed by atoms with Crippen LogP contribution in [-0.2, 0) is 21.8 Å². The third-order valence-corrected chi connectivity index (χ3v) is 8.17. The van der Waals surface area contributed by atoms with E-state index in [4.69, 9.17) is 9.40 Å². The zero-order valence-corrected chi connectivity index (χ0v) is 23.2. The second-order valence-electron chi connectivity index (χ2n) is 11.1. The fourth-order valence-corrected chi connectivity index (χ4v) is 5.62. The van der Waals surface area contributed by atoms with Gasteiger partial charge in [0.1, 0.15) is 32.8 Å². The summed E-state index contributed by atoms with van der Waals surface area (Å²) >= 11 is 0. The van der Waals surface area contributed by atoms with E-state index in [2.05, 4.69) is 29.5 Å². The predicted molar refractivity (Wildman–Crippen MR) is 142 cm³/mol. The second-order valence-corrected chi connectivity index (χ2v) is 13.5. The molecular weight excluding hydrogens is 478 g/mol. The van der Waals surface area contributed by atoms with Gasteiger partial charge in [0.2, 0.25) is 0 Å². The molecule has 2 aromatic heterocycles. The monoisotopic (exact) mass is 519 g/mol. The van der Waals surface area contributed by atoms with E-state index >= 15 is 0 Å². The minimum atomic E-state index is -3.10. The van der Waals surface area contributed by atoms with Crippen molar-refractivity contribution in [2.45, 2.75) is 66.0 Å². The van der Waals surface area contributed by atoms with Gasteiger partial charge < -0.3 is 20.0 Å². The number of furan rings is 1. The van der Waals surface area contributed by atoms with Gasteiger partial charge in [0.15, 0.2) is 0 Å². The number of carbonyl (C=O) groups excluding carboxylic acids is 1. The second kappa shape index (κ2) is 11.7. The van der Waals surface area contributed by atoms with Gasteiger partial charge in [0.05, 0.1) is 18.6 Å². The number of amides is 1. The van der Waals surface area contributed by atoms with Gasteiger partial charge in [0.25, 0.3) is 5.91 Å². The lowest BCUT2D eigenvalue weighted by Gasteiger charge is -2.39. The number of carbonyl (C=O) groups is 1. The molecule has 0 spiro atoms. The third kappa shape index (κ3) is 7.52. The van der Waals surface area contributed by atoms with Gasteiger partial charge in [0, 0.05) is 36.5 Å². The number of nitrogens with zero attached hydrogens (tertiary/aromatic N) is 3. The van der Waals surface area contributed by atoms with E-state index in [0.717, 1.165) is 5.76 Å².